The van der Waals surface area contributed by atoms with Gasteiger partial charge in [0.15, 0.2) is 0 Å². The Morgan fingerprint density at radius 1 is 1.40 bits per heavy atom. The Kier molecular flexibility index (Phi) is 7.67. The first-order chi connectivity index (χ1) is 9.63. The molecular formula is C13H24N4O3. The van der Waals surface area contributed by atoms with Crippen LogP contribution in [0.3, 0.4) is 0 Å². The molecule has 3 N–H and O–H groups in total. The van der Waals surface area contributed by atoms with Crippen molar-refractivity contribution in [1.29, 1.82) is 0 Å². The summed E-state index contributed by atoms with van der Waals surface area (Å²) in [6.07, 6.45) is 2.38. The van der Waals surface area contributed by atoms with E-state index in [0.29, 0.717) is 6.54 Å². The van der Waals surface area contributed by atoms with Crippen molar-refractivity contribution in [3.05, 3.63) is 12.7 Å². The van der Waals surface area contributed by atoms with Crippen LogP contribution in [0.5, 0.6) is 0 Å². The number of carbonyl (C=O) groups excluding carboxylic acids is 1. The van der Waals surface area contributed by atoms with Crippen LogP contribution >= 0.6 is 0 Å². The zero-order valence-corrected chi connectivity index (χ0v) is 11.8. The second-order valence-electron chi connectivity index (χ2n) is 4.74. The van der Waals surface area contributed by atoms with E-state index in [-0.39, 0.29) is 19.1 Å². The SMILES string of the molecule is C=CCN(CC(=O)O)C(=O)NCCCN1CCNCC1. The molecule has 0 spiro atoms. The Hall–Kier alpha value is -1.60. The molecule has 0 unspecified atom stereocenters. The Bertz CT molecular complexity index is 330. The second-order valence-corrected chi connectivity index (χ2v) is 4.74. The smallest absolute Gasteiger partial charge is 0.323 e. The van der Waals surface area contributed by atoms with Gasteiger partial charge in [0.2, 0.25) is 0 Å². The molecule has 0 aromatic heterocycles. The molecule has 0 saturated carbocycles. The summed E-state index contributed by atoms with van der Waals surface area (Å²) in [5.41, 5.74) is 0. The van der Waals surface area contributed by atoms with Crippen LogP contribution in [0.2, 0.25) is 0 Å². The number of aliphatic carboxylic acids is 1. The molecule has 1 saturated heterocycles. The summed E-state index contributed by atoms with van der Waals surface area (Å²) < 4.78 is 0. The third kappa shape index (κ3) is 6.53. The fraction of sp³-hybridized carbons (Fsp3) is 0.692. The van der Waals surface area contributed by atoms with Gasteiger partial charge in [0.05, 0.1) is 0 Å². The molecule has 1 aliphatic heterocycles. The van der Waals surface area contributed by atoms with Crippen LogP contribution in [0.15, 0.2) is 12.7 Å². The normalized spacial score (nSPS) is 15.6. The zero-order chi connectivity index (χ0) is 14.8. The van der Waals surface area contributed by atoms with Gasteiger partial charge in [-0.25, -0.2) is 4.79 Å². The van der Waals surface area contributed by atoms with E-state index in [1.54, 1.807) is 0 Å². The van der Waals surface area contributed by atoms with E-state index in [0.717, 1.165) is 39.1 Å². The second kappa shape index (κ2) is 9.33. The Morgan fingerprint density at radius 3 is 2.70 bits per heavy atom. The van der Waals surface area contributed by atoms with Crippen LogP contribution in [-0.4, -0.2) is 79.3 Å². The van der Waals surface area contributed by atoms with Gasteiger partial charge in [-0.05, 0) is 13.0 Å². The van der Waals surface area contributed by atoms with Gasteiger partial charge in [0.1, 0.15) is 6.54 Å². The lowest BCUT2D eigenvalue weighted by atomic mass is 10.3. The summed E-state index contributed by atoms with van der Waals surface area (Å²) in [6.45, 7) is 9.04. The monoisotopic (exact) mass is 284 g/mol. The van der Waals surface area contributed by atoms with Gasteiger partial charge in [0.25, 0.3) is 0 Å². The number of hydrogen-bond acceptors (Lipinski definition) is 4. The largest absolute Gasteiger partial charge is 0.480 e. The van der Waals surface area contributed by atoms with Crippen LogP contribution in [0.1, 0.15) is 6.42 Å². The van der Waals surface area contributed by atoms with Crippen molar-refractivity contribution in [2.45, 2.75) is 6.42 Å². The molecule has 7 heteroatoms. The van der Waals surface area contributed by atoms with Gasteiger partial charge in [-0.15, -0.1) is 6.58 Å². The molecule has 7 nitrogen and oxygen atoms in total. The Morgan fingerprint density at radius 2 is 2.10 bits per heavy atom. The number of carbonyl (C=O) groups is 2. The number of carboxylic acids is 1. The van der Waals surface area contributed by atoms with Crippen LogP contribution in [0.4, 0.5) is 4.79 Å². The van der Waals surface area contributed by atoms with Crippen molar-refractivity contribution in [3.63, 3.8) is 0 Å². The highest BCUT2D eigenvalue weighted by molar-refractivity contribution is 5.80. The highest BCUT2D eigenvalue weighted by atomic mass is 16.4. The van der Waals surface area contributed by atoms with Gasteiger partial charge in [-0.1, -0.05) is 6.08 Å². The molecular weight excluding hydrogens is 260 g/mol. The lowest BCUT2D eigenvalue weighted by Crippen LogP contribution is -2.45. The lowest BCUT2D eigenvalue weighted by molar-refractivity contribution is -0.137. The fourth-order valence-corrected chi connectivity index (χ4v) is 2.08. The average Bonchev–Trinajstić information content (AvgIpc) is 2.43. The summed E-state index contributed by atoms with van der Waals surface area (Å²) in [5.74, 6) is -1.03. The number of piperazine rings is 1. The van der Waals surface area contributed by atoms with Crippen molar-refractivity contribution in [2.24, 2.45) is 0 Å². The van der Waals surface area contributed by atoms with Crippen molar-refractivity contribution < 1.29 is 14.7 Å². The zero-order valence-electron chi connectivity index (χ0n) is 11.8. The van der Waals surface area contributed by atoms with E-state index in [1.165, 1.54) is 11.0 Å². The van der Waals surface area contributed by atoms with E-state index < -0.39 is 5.97 Å². The van der Waals surface area contributed by atoms with Crippen LogP contribution in [0.25, 0.3) is 0 Å². The maximum atomic E-state index is 11.8. The van der Waals surface area contributed by atoms with Gasteiger partial charge in [0, 0.05) is 39.3 Å². The number of nitrogens with one attached hydrogen (secondary N) is 2. The Balaban J connectivity index is 2.19. The predicted molar refractivity (Wildman–Crippen MR) is 76.7 cm³/mol. The van der Waals surface area contributed by atoms with Crippen LogP contribution in [0, 0.1) is 0 Å². The average molecular weight is 284 g/mol. The molecule has 1 rings (SSSR count). The highest BCUT2D eigenvalue weighted by Gasteiger charge is 2.15. The van der Waals surface area contributed by atoms with Gasteiger partial charge in [-0.2, -0.15) is 0 Å². The van der Waals surface area contributed by atoms with Crippen molar-refractivity contribution in [1.82, 2.24) is 20.4 Å². The molecule has 1 fully saturated rings. The third-order valence-corrected chi connectivity index (χ3v) is 3.10. The molecule has 114 valence electrons. The lowest BCUT2D eigenvalue weighted by Gasteiger charge is -2.27. The molecule has 0 aromatic carbocycles. The van der Waals surface area contributed by atoms with E-state index in [2.05, 4.69) is 22.1 Å². The summed E-state index contributed by atoms with van der Waals surface area (Å²) in [4.78, 5) is 26.0. The molecule has 1 aliphatic rings. The molecule has 0 radical (unpaired) electrons. The van der Waals surface area contributed by atoms with Gasteiger partial charge < -0.3 is 25.5 Å². The number of nitrogens with zero attached hydrogens (tertiary/aromatic N) is 2. The minimum atomic E-state index is -1.03. The summed E-state index contributed by atoms with van der Waals surface area (Å²) in [7, 11) is 0. The standard InChI is InChI=1S/C13H24N4O3/c1-2-7-17(11-12(18)19)13(20)15-4-3-8-16-9-5-14-6-10-16/h2,14H,1,3-11H2,(H,15,20)(H,18,19). The molecule has 0 atom stereocenters. The van der Waals surface area contributed by atoms with Crippen LogP contribution in [-0.2, 0) is 4.79 Å². The summed E-state index contributed by atoms with van der Waals surface area (Å²) >= 11 is 0. The summed E-state index contributed by atoms with van der Waals surface area (Å²) in [5, 5.41) is 14.8. The molecule has 0 aromatic rings. The number of amides is 2. The van der Waals surface area contributed by atoms with E-state index >= 15 is 0 Å². The maximum absolute atomic E-state index is 11.8. The topological polar surface area (TPSA) is 84.9 Å². The van der Waals surface area contributed by atoms with E-state index in [1.807, 2.05) is 0 Å². The number of rotatable bonds is 8. The van der Waals surface area contributed by atoms with E-state index in [4.69, 9.17) is 5.11 Å². The molecule has 2 amide bonds. The third-order valence-electron chi connectivity index (χ3n) is 3.10. The number of carboxylic acid groups (broad SMARTS) is 1. The molecule has 1 heterocycles. The van der Waals surface area contributed by atoms with Gasteiger partial charge in [-0.3, -0.25) is 4.79 Å². The van der Waals surface area contributed by atoms with Crippen LogP contribution < -0.4 is 10.6 Å². The first-order valence-corrected chi connectivity index (χ1v) is 6.92. The fourth-order valence-electron chi connectivity index (χ4n) is 2.08. The first-order valence-electron chi connectivity index (χ1n) is 6.92. The van der Waals surface area contributed by atoms with E-state index in [9.17, 15) is 9.59 Å². The summed E-state index contributed by atoms with van der Waals surface area (Å²) in [6, 6.07) is -0.354. The molecule has 0 aliphatic carbocycles. The molecule has 0 bridgehead atoms. The number of hydrogen-bond donors (Lipinski definition) is 3. The number of urea groups is 1. The Labute approximate surface area is 119 Å². The maximum Gasteiger partial charge on any atom is 0.323 e. The van der Waals surface area contributed by atoms with Crippen molar-refractivity contribution in [3.8, 4) is 0 Å². The minimum Gasteiger partial charge on any atom is -0.480 e. The molecule has 20 heavy (non-hydrogen) atoms. The highest BCUT2D eigenvalue weighted by Crippen LogP contribution is 1.95. The van der Waals surface area contributed by atoms with Crippen molar-refractivity contribution in [2.75, 3.05) is 52.4 Å². The first kappa shape index (κ1) is 16.5. The minimum absolute atomic E-state index is 0.232. The quantitative estimate of drug-likeness (QED) is 0.416. The van der Waals surface area contributed by atoms with Crippen molar-refractivity contribution >= 4 is 12.0 Å². The van der Waals surface area contributed by atoms with Gasteiger partial charge >= 0.3 is 12.0 Å². The predicted octanol–water partition coefficient (Wildman–Crippen LogP) is -0.436.